The molecule has 0 unspecified atom stereocenters. The van der Waals surface area contributed by atoms with Crippen LogP contribution in [0.2, 0.25) is 0 Å². The summed E-state index contributed by atoms with van der Waals surface area (Å²) in [6, 6.07) is 9.99. The summed E-state index contributed by atoms with van der Waals surface area (Å²) in [5.41, 5.74) is 1.28. The quantitative estimate of drug-likeness (QED) is 0.858. The van der Waals surface area contributed by atoms with Gasteiger partial charge in [0.15, 0.2) is 5.78 Å². The lowest BCUT2D eigenvalue weighted by Gasteiger charge is -2.05. The first-order chi connectivity index (χ1) is 8.99. The first-order valence-corrected chi connectivity index (χ1v) is 5.63. The molecule has 0 radical (unpaired) electrons. The lowest BCUT2D eigenvalue weighted by molar-refractivity contribution is 0.0696. The Hall–Kier alpha value is -2.49. The van der Waals surface area contributed by atoms with E-state index < -0.39 is 11.8 Å². The highest BCUT2D eigenvalue weighted by Crippen LogP contribution is 2.24. The van der Waals surface area contributed by atoms with Gasteiger partial charge in [0.2, 0.25) is 0 Å². The fourth-order valence-corrected chi connectivity index (χ4v) is 1.76. The zero-order valence-electron chi connectivity index (χ0n) is 10.2. The third kappa shape index (κ3) is 2.68. The van der Waals surface area contributed by atoms with Gasteiger partial charge in [-0.05, 0) is 30.7 Å². The fourth-order valence-electron chi connectivity index (χ4n) is 1.76. The largest absolute Gasteiger partial charge is 0.478 e. The second-order valence-electron chi connectivity index (χ2n) is 4.13. The van der Waals surface area contributed by atoms with E-state index in [4.69, 9.17) is 5.11 Å². The van der Waals surface area contributed by atoms with Crippen LogP contribution in [0.25, 0.3) is 11.1 Å². The second kappa shape index (κ2) is 5.02. The number of benzene rings is 2. The average Bonchev–Trinajstić information content (AvgIpc) is 2.39. The third-order valence-corrected chi connectivity index (χ3v) is 2.82. The van der Waals surface area contributed by atoms with Crippen LogP contribution in [0, 0.1) is 5.82 Å². The second-order valence-corrected chi connectivity index (χ2v) is 4.13. The summed E-state index contributed by atoms with van der Waals surface area (Å²) in [7, 11) is 0. The van der Waals surface area contributed by atoms with Crippen molar-refractivity contribution in [3.8, 4) is 11.1 Å². The molecular weight excluding hydrogens is 247 g/mol. The number of Topliss-reactive ketones (excluding diaryl/α,β-unsaturated/α-hetero) is 1. The molecule has 96 valence electrons. The maximum Gasteiger partial charge on any atom is 0.335 e. The van der Waals surface area contributed by atoms with E-state index in [1.54, 1.807) is 24.3 Å². The lowest BCUT2D eigenvalue weighted by atomic mass is 10.0. The maximum atomic E-state index is 13.7. The van der Waals surface area contributed by atoms with Crippen molar-refractivity contribution >= 4 is 11.8 Å². The predicted molar refractivity (Wildman–Crippen MR) is 68.8 cm³/mol. The third-order valence-electron chi connectivity index (χ3n) is 2.82. The van der Waals surface area contributed by atoms with E-state index in [0.717, 1.165) is 6.07 Å². The number of carboxylic acid groups (broad SMARTS) is 1. The van der Waals surface area contributed by atoms with Crippen molar-refractivity contribution in [2.24, 2.45) is 0 Å². The van der Waals surface area contributed by atoms with Gasteiger partial charge in [0, 0.05) is 11.1 Å². The lowest BCUT2D eigenvalue weighted by Crippen LogP contribution is -1.98. The highest BCUT2D eigenvalue weighted by Gasteiger charge is 2.10. The Morgan fingerprint density at radius 3 is 2.11 bits per heavy atom. The Bertz CT molecular complexity index is 645. The molecule has 0 spiro atoms. The number of carbonyl (C=O) groups excluding carboxylic acids is 1. The van der Waals surface area contributed by atoms with Gasteiger partial charge >= 0.3 is 5.97 Å². The van der Waals surface area contributed by atoms with Crippen LogP contribution in [0.4, 0.5) is 4.39 Å². The van der Waals surface area contributed by atoms with Crippen LogP contribution in [0.5, 0.6) is 0 Å². The molecule has 0 saturated carbocycles. The maximum absolute atomic E-state index is 13.7. The molecule has 2 aromatic rings. The van der Waals surface area contributed by atoms with Gasteiger partial charge in [-0.3, -0.25) is 4.79 Å². The average molecular weight is 258 g/mol. The molecule has 0 saturated heterocycles. The van der Waals surface area contributed by atoms with Gasteiger partial charge in [0.1, 0.15) is 5.82 Å². The number of carboxylic acids is 1. The van der Waals surface area contributed by atoms with Crippen LogP contribution in [-0.4, -0.2) is 16.9 Å². The summed E-state index contributed by atoms with van der Waals surface area (Å²) in [5.74, 6) is -1.69. The zero-order chi connectivity index (χ0) is 14.0. The number of halogens is 1. The Labute approximate surface area is 109 Å². The molecule has 2 rings (SSSR count). The number of rotatable bonds is 3. The van der Waals surface area contributed by atoms with Crippen LogP contribution in [0.3, 0.4) is 0 Å². The Kier molecular flexibility index (Phi) is 3.42. The van der Waals surface area contributed by atoms with Gasteiger partial charge in [-0.1, -0.05) is 24.3 Å². The number of ketones is 1. The fraction of sp³-hybridized carbons (Fsp3) is 0.0667. The highest BCUT2D eigenvalue weighted by atomic mass is 19.1. The van der Waals surface area contributed by atoms with E-state index in [-0.39, 0.29) is 16.9 Å². The molecule has 3 nitrogen and oxygen atoms in total. The van der Waals surface area contributed by atoms with E-state index in [1.807, 2.05) is 0 Å². The van der Waals surface area contributed by atoms with Crippen LogP contribution < -0.4 is 0 Å². The van der Waals surface area contributed by atoms with Crippen LogP contribution >= 0.6 is 0 Å². The molecular formula is C15H11FO3. The first-order valence-electron chi connectivity index (χ1n) is 5.63. The predicted octanol–water partition coefficient (Wildman–Crippen LogP) is 3.39. The number of aromatic carboxylic acids is 1. The summed E-state index contributed by atoms with van der Waals surface area (Å²) in [5, 5.41) is 8.90. The van der Waals surface area contributed by atoms with Crippen molar-refractivity contribution in [3.63, 3.8) is 0 Å². The standard InChI is InChI=1S/C15H11FO3/c1-9(17)10-2-4-11(5-3-10)13-8-12(15(18)19)6-7-14(13)16/h2-8H,1H3,(H,18,19). The molecule has 0 bridgehead atoms. The van der Waals surface area contributed by atoms with Crippen LogP contribution in [0.1, 0.15) is 27.6 Å². The van der Waals surface area contributed by atoms with Crippen molar-refractivity contribution in [2.75, 3.05) is 0 Å². The molecule has 0 atom stereocenters. The van der Waals surface area contributed by atoms with Gasteiger partial charge in [-0.2, -0.15) is 0 Å². The Morgan fingerprint density at radius 2 is 1.58 bits per heavy atom. The molecule has 0 aliphatic carbocycles. The summed E-state index contributed by atoms with van der Waals surface area (Å²) in [4.78, 5) is 22.0. The van der Waals surface area contributed by atoms with Gasteiger partial charge in [-0.15, -0.1) is 0 Å². The van der Waals surface area contributed by atoms with E-state index in [2.05, 4.69) is 0 Å². The normalized spacial score (nSPS) is 10.2. The SMILES string of the molecule is CC(=O)c1ccc(-c2cc(C(=O)O)ccc2F)cc1. The molecule has 0 fully saturated rings. The van der Waals surface area contributed by atoms with Crippen LogP contribution in [0.15, 0.2) is 42.5 Å². The van der Waals surface area contributed by atoms with E-state index in [0.29, 0.717) is 11.1 Å². The number of carbonyl (C=O) groups is 2. The van der Waals surface area contributed by atoms with Crippen molar-refractivity contribution < 1.29 is 19.1 Å². The zero-order valence-corrected chi connectivity index (χ0v) is 10.2. The van der Waals surface area contributed by atoms with Crippen LogP contribution in [-0.2, 0) is 0 Å². The van der Waals surface area contributed by atoms with Crippen molar-refractivity contribution in [1.82, 2.24) is 0 Å². The van der Waals surface area contributed by atoms with Gasteiger partial charge in [0.05, 0.1) is 5.56 Å². The minimum Gasteiger partial charge on any atom is -0.478 e. The van der Waals surface area contributed by atoms with Gasteiger partial charge in [0.25, 0.3) is 0 Å². The summed E-state index contributed by atoms with van der Waals surface area (Å²) < 4.78 is 13.7. The molecule has 1 N–H and O–H groups in total. The molecule has 0 aliphatic rings. The number of hydrogen-bond donors (Lipinski definition) is 1. The first kappa shape index (κ1) is 13.0. The molecule has 0 heterocycles. The van der Waals surface area contributed by atoms with Crippen molar-refractivity contribution in [2.45, 2.75) is 6.92 Å². The van der Waals surface area contributed by atoms with E-state index in [9.17, 15) is 14.0 Å². The Balaban J connectivity index is 2.48. The van der Waals surface area contributed by atoms with Gasteiger partial charge in [-0.25, -0.2) is 9.18 Å². The van der Waals surface area contributed by atoms with Crippen molar-refractivity contribution in [3.05, 3.63) is 59.4 Å². The minimum absolute atomic E-state index is 0.0204. The Morgan fingerprint density at radius 1 is 1.00 bits per heavy atom. The molecule has 2 aromatic carbocycles. The summed E-state index contributed by atoms with van der Waals surface area (Å²) in [6.45, 7) is 1.45. The monoisotopic (exact) mass is 258 g/mol. The minimum atomic E-state index is -1.11. The highest BCUT2D eigenvalue weighted by molar-refractivity contribution is 5.94. The molecule has 4 heteroatoms. The molecule has 19 heavy (non-hydrogen) atoms. The van der Waals surface area contributed by atoms with E-state index in [1.165, 1.54) is 19.1 Å². The van der Waals surface area contributed by atoms with E-state index >= 15 is 0 Å². The smallest absolute Gasteiger partial charge is 0.335 e. The van der Waals surface area contributed by atoms with Gasteiger partial charge < -0.3 is 5.11 Å². The number of hydrogen-bond acceptors (Lipinski definition) is 2. The molecule has 0 aliphatic heterocycles. The summed E-state index contributed by atoms with van der Waals surface area (Å²) >= 11 is 0. The molecule has 0 amide bonds. The van der Waals surface area contributed by atoms with Crippen molar-refractivity contribution in [1.29, 1.82) is 0 Å². The molecule has 0 aromatic heterocycles. The summed E-state index contributed by atoms with van der Waals surface area (Å²) in [6.07, 6.45) is 0. The topological polar surface area (TPSA) is 54.4 Å².